The molecule has 0 spiro atoms. The minimum atomic E-state index is -0.537. The number of aliphatic hydroxyl groups excluding tert-OH is 1. The van der Waals surface area contributed by atoms with Crippen molar-refractivity contribution in [2.45, 2.75) is 82.4 Å². The number of nitrogens with zero attached hydrogens (tertiary/aromatic N) is 5. The molecule has 4 rings (SSSR count). The number of benzene rings is 1. The summed E-state index contributed by atoms with van der Waals surface area (Å²) in [6.45, 7) is 1.74. The molecule has 4 atom stereocenters. The summed E-state index contributed by atoms with van der Waals surface area (Å²) in [6.07, 6.45) is 12.7. The van der Waals surface area contributed by atoms with Gasteiger partial charge in [-0.05, 0) is 19.1 Å². The second-order valence-electron chi connectivity index (χ2n) is 9.31. The Balaban J connectivity index is 0.000000253. The molecule has 4 unspecified atom stereocenters. The van der Waals surface area contributed by atoms with Crippen molar-refractivity contribution in [3.8, 4) is 5.75 Å². The molecule has 0 aromatic heterocycles. The van der Waals surface area contributed by atoms with Crippen molar-refractivity contribution in [2.75, 3.05) is 13.1 Å². The maximum absolute atomic E-state index is 11.8. The molecule has 205 valence electrons. The van der Waals surface area contributed by atoms with Crippen LogP contribution in [0.15, 0.2) is 34.5 Å². The molecule has 1 aromatic carbocycles. The van der Waals surface area contributed by atoms with Crippen LogP contribution < -0.4 is 10.5 Å². The average molecular weight is 556 g/mol. The minimum Gasteiger partial charge on any atom is -0.872 e. The average Bonchev–Trinajstić information content (AvgIpc) is 2.91. The number of para-hydroxylation sites is 1. The predicted molar refractivity (Wildman–Crippen MR) is 138 cm³/mol. The van der Waals surface area contributed by atoms with Crippen LogP contribution in [-0.4, -0.2) is 60.6 Å². The molecular formula is C26H36CoN6O4-2. The maximum Gasteiger partial charge on any atom is 2.00 e. The quantitative estimate of drug-likeness (QED) is 0.405. The largest absolute Gasteiger partial charge is 2.00 e. The van der Waals surface area contributed by atoms with Crippen LogP contribution >= 0.6 is 0 Å². The van der Waals surface area contributed by atoms with Crippen LogP contribution in [0.5, 0.6) is 5.75 Å². The van der Waals surface area contributed by atoms with Crippen molar-refractivity contribution < 1.29 is 36.6 Å². The Kier molecular flexibility index (Phi) is 14.4. The Hall–Kier alpha value is -2.31. The van der Waals surface area contributed by atoms with Gasteiger partial charge < -0.3 is 36.2 Å². The second kappa shape index (κ2) is 17.2. The van der Waals surface area contributed by atoms with Gasteiger partial charge in [-0.1, -0.05) is 87.4 Å². The van der Waals surface area contributed by atoms with E-state index in [9.17, 15) is 19.8 Å². The summed E-state index contributed by atoms with van der Waals surface area (Å²) >= 11 is 0. The molecule has 37 heavy (non-hydrogen) atoms. The summed E-state index contributed by atoms with van der Waals surface area (Å²) in [5, 5.41) is 37.6. The molecule has 2 N–H and O–H groups in total. The third-order valence-electron chi connectivity index (χ3n) is 6.53. The van der Waals surface area contributed by atoms with Gasteiger partial charge in [0.15, 0.2) is 0 Å². The molecule has 1 radical (unpaired) electrons. The fourth-order valence-electron chi connectivity index (χ4n) is 4.41. The third-order valence-corrected chi connectivity index (χ3v) is 6.53. The topological polar surface area (TPSA) is 156 Å². The van der Waals surface area contributed by atoms with Crippen molar-refractivity contribution in [1.29, 1.82) is 0 Å². The smallest absolute Gasteiger partial charge is 0.872 e. The van der Waals surface area contributed by atoms with Gasteiger partial charge in [-0.2, -0.15) is 5.10 Å². The summed E-state index contributed by atoms with van der Waals surface area (Å²) in [6, 6.07) is 6.29. The number of rotatable bonds is 6. The molecule has 1 aliphatic carbocycles. The Morgan fingerprint density at radius 3 is 2.19 bits per heavy atom. The van der Waals surface area contributed by atoms with Crippen LogP contribution in [0.3, 0.4) is 0 Å². The number of carbonyl (C=O) groups excluding carboxylic acids is 2. The first-order valence-corrected chi connectivity index (χ1v) is 12.9. The Morgan fingerprint density at radius 2 is 1.57 bits per heavy atom. The first-order valence-electron chi connectivity index (χ1n) is 12.9. The van der Waals surface area contributed by atoms with E-state index in [4.69, 9.17) is 0 Å². The molecule has 10 nitrogen and oxygen atoms in total. The van der Waals surface area contributed by atoms with Crippen LogP contribution in [0.2, 0.25) is 0 Å². The zero-order chi connectivity index (χ0) is 25.6. The van der Waals surface area contributed by atoms with Gasteiger partial charge >= 0.3 is 16.8 Å². The van der Waals surface area contributed by atoms with E-state index in [1.54, 1.807) is 24.6 Å². The van der Waals surface area contributed by atoms with Gasteiger partial charge in [0.1, 0.15) is 0 Å². The molecule has 0 bridgehead atoms. The van der Waals surface area contributed by atoms with E-state index in [2.05, 4.69) is 31.7 Å². The fourth-order valence-corrected chi connectivity index (χ4v) is 4.41. The van der Waals surface area contributed by atoms with E-state index in [1.165, 1.54) is 12.1 Å². The number of hydrazone groups is 1. The van der Waals surface area contributed by atoms with Gasteiger partial charge in [0.25, 0.3) is 5.91 Å². The standard InChI is InChI=1S/C13H22N3O2.C13H16N3O2.Co/c2*17-12-7-2-1-6-11(12)13(18)16-15-9-10-5-3-4-8-14-10;/h9-12,17H,1-8H2,(H,16,18);1-2,6-7,9-10,17H,3-5,8H2,(H,16,18);/q2*-1;+2/p-2/b2*15-9+;. The molecule has 2 saturated heterocycles. The first kappa shape index (κ1) is 30.9. The molecule has 2 heterocycles. The van der Waals surface area contributed by atoms with Crippen molar-refractivity contribution in [1.82, 2.24) is 5.43 Å². The molecule has 11 heteroatoms. The normalized spacial score (nSPS) is 26.0. The second-order valence-corrected chi connectivity index (χ2v) is 9.31. The molecule has 3 fully saturated rings. The van der Waals surface area contributed by atoms with E-state index in [-0.39, 0.29) is 52.0 Å². The summed E-state index contributed by atoms with van der Waals surface area (Å²) < 4.78 is 0. The minimum absolute atomic E-state index is 0. The zero-order valence-electron chi connectivity index (χ0n) is 21.0. The van der Waals surface area contributed by atoms with Crippen LogP contribution in [-0.2, 0) is 21.6 Å². The van der Waals surface area contributed by atoms with Crippen LogP contribution in [0.1, 0.15) is 74.6 Å². The van der Waals surface area contributed by atoms with Crippen LogP contribution in [0.4, 0.5) is 0 Å². The number of aliphatic hydroxyl groups is 1. The summed E-state index contributed by atoms with van der Waals surface area (Å²) in [5.74, 6) is -1.41. The van der Waals surface area contributed by atoms with E-state index in [1.807, 2.05) is 0 Å². The number of piperidine rings is 2. The molecule has 1 saturated carbocycles. The number of hydrogen-bond acceptors (Lipinski definition) is 6. The van der Waals surface area contributed by atoms with E-state index in [0.29, 0.717) is 6.42 Å². The monoisotopic (exact) mass is 555 g/mol. The van der Waals surface area contributed by atoms with Gasteiger partial charge in [-0.25, -0.2) is 5.43 Å². The summed E-state index contributed by atoms with van der Waals surface area (Å²) in [7, 11) is 0. The predicted octanol–water partition coefficient (Wildman–Crippen LogP) is 3.75. The van der Waals surface area contributed by atoms with Gasteiger partial charge in [0, 0.05) is 17.7 Å². The molecule has 1 aromatic rings. The molecular weight excluding hydrogens is 519 g/mol. The van der Waals surface area contributed by atoms with Gasteiger partial charge in [-0.3, -0.25) is 4.79 Å². The Labute approximate surface area is 229 Å². The number of carbonyl (C=O) groups is 2. The summed E-state index contributed by atoms with van der Waals surface area (Å²) in [4.78, 5) is 23.4. The van der Waals surface area contributed by atoms with Crippen LogP contribution in [0.25, 0.3) is 16.1 Å². The van der Waals surface area contributed by atoms with Gasteiger partial charge in [0.2, 0.25) is 0 Å². The van der Waals surface area contributed by atoms with Crippen molar-refractivity contribution in [3.05, 3.63) is 45.9 Å². The Morgan fingerprint density at radius 1 is 0.946 bits per heavy atom. The first-order chi connectivity index (χ1) is 17.5. The molecule has 3 aliphatic rings. The third kappa shape index (κ3) is 10.9. The number of nitrogens with one attached hydrogen (secondary N) is 1. The molecule has 2 aliphatic heterocycles. The Bertz CT molecular complexity index is 888. The fraction of sp³-hybridized carbons (Fsp3) is 0.615. The van der Waals surface area contributed by atoms with Crippen molar-refractivity contribution in [2.24, 2.45) is 16.1 Å². The van der Waals surface area contributed by atoms with E-state index >= 15 is 0 Å². The van der Waals surface area contributed by atoms with Crippen molar-refractivity contribution in [3.63, 3.8) is 0 Å². The maximum atomic E-state index is 11.8. The zero-order valence-corrected chi connectivity index (χ0v) is 22.0. The summed E-state index contributed by atoms with van der Waals surface area (Å²) in [5.41, 5.74) is 6.17. The van der Waals surface area contributed by atoms with Crippen LogP contribution in [0, 0.1) is 5.92 Å². The van der Waals surface area contributed by atoms with Gasteiger partial charge in [-0.15, -0.1) is 19.1 Å². The van der Waals surface area contributed by atoms with E-state index < -0.39 is 12.0 Å². The van der Waals surface area contributed by atoms with Gasteiger partial charge in [0.05, 0.1) is 12.0 Å². The number of amides is 2. The number of hydrogen-bond donors (Lipinski definition) is 2. The SMILES string of the molecule is O=C(N/N=C/C1CCCC[N-]1)c1ccccc1[O-].O=C([N-]/N=C/C1CCCC[N-]1)C1CCCCC1O.[Co+2]. The van der Waals surface area contributed by atoms with Crippen molar-refractivity contribution >= 4 is 24.2 Å². The van der Waals surface area contributed by atoms with E-state index in [0.717, 1.165) is 70.9 Å². The molecule has 2 amide bonds.